The van der Waals surface area contributed by atoms with E-state index in [2.05, 4.69) is 20.0 Å². The molecular weight excluding hydrogens is 256 g/mol. The van der Waals surface area contributed by atoms with Crippen LogP contribution in [0.5, 0.6) is 0 Å². The van der Waals surface area contributed by atoms with Crippen molar-refractivity contribution in [1.82, 2.24) is 0 Å². The standard InChI is InChI=1S/2CO2.3CO.3CH4.3H2O.6H2/c2*2-1-3;3*1-2;;;;;;;;;;;;/h;;;;;3*1H4;3*1H2;6*1H. The molecule has 0 aliphatic heterocycles. The third kappa shape index (κ3) is 501. The molecule has 0 aliphatic carbocycles. The Bertz CT molecular complexity index is 161. The zero-order valence-corrected chi connectivity index (χ0v) is 6.86. The smallest absolute Gasteiger partial charge is 0 e. The van der Waals surface area contributed by atoms with E-state index < -0.39 is 0 Å². The van der Waals surface area contributed by atoms with Crippen LogP contribution in [0.15, 0.2) is 0 Å². The Hall–Kier alpha value is -2.14. The van der Waals surface area contributed by atoms with Crippen LogP contribution in [-0.2, 0) is 33.1 Å². The third-order valence-corrected chi connectivity index (χ3v) is 0. The van der Waals surface area contributed by atoms with Crippen LogP contribution in [0, 0.1) is 20.0 Å². The molecule has 0 radical (unpaired) electrons. The molecule has 0 aromatic carbocycles. The molecule has 0 aromatic heterocycles. The van der Waals surface area contributed by atoms with E-state index in [-0.39, 0.29) is 59.6 Å². The van der Waals surface area contributed by atoms with Gasteiger partial charge in [0.1, 0.15) is 0 Å². The predicted octanol–water partition coefficient (Wildman–Crippen LogP) is -0.369. The summed E-state index contributed by atoms with van der Waals surface area (Å²) in [6.07, 6.45) is 0.500. The molecule has 0 saturated heterocycles. The van der Waals surface area contributed by atoms with Gasteiger partial charge in [0, 0.05) is 8.56 Å². The van der Waals surface area contributed by atoms with Crippen LogP contribution in [0.2, 0.25) is 0 Å². The van der Waals surface area contributed by atoms with Crippen molar-refractivity contribution in [3.8, 4) is 0 Å². The second-order valence-corrected chi connectivity index (χ2v) is 0.167. The third-order valence-electron chi connectivity index (χ3n) is 0. The van der Waals surface area contributed by atoms with Crippen LogP contribution in [0.4, 0.5) is 0 Å². The number of carbonyl (C=O) groups excluding carboxylic acids is 4. The topological polar surface area (TPSA) is 222 Å². The predicted molar refractivity (Wildman–Crippen MR) is 65.5 cm³/mol. The van der Waals surface area contributed by atoms with Crippen LogP contribution in [0.3, 0.4) is 0 Å². The Morgan fingerprint density at radius 3 is 0.556 bits per heavy atom. The van der Waals surface area contributed by atoms with Gasteiger partial charge in [-0.2, -0.15) is 19.2 Å². The van der Waals surface area contributed by atoms with Gasteiger partial charge in [-0.25, -0.2) is 0 Å². The van der Waals surface area contributed by atoms with Gasteiger partial charge >= 0.3 is 46.2 Å². The van der Waals surface area contributed by atoms with E-state index in [9.17, 15) is 0 Å². The summed E-state index contributed by atoms with van der Waals surface area (Å²) in [5.41, 5.74) is 0. The zero-order chi connectivity index (χ0) is 11.4. The molecule has 0 fully saturated rings. The molecule has 0 bridgehead atoms. The van der Waals surface area contributed by atoms with Gasteiger partial charge in [-0.1, -0.05) is 22.3 Å². The molecule has 18 heavy (non-hydrogen) atoms. The summed E-state index contributed by atoms with van der Waals surface area (Å²) < 4.78 is 22.5. The Morgan fingerprint density at radius 2 is 0.556 bits per heavy atom. The molecule has 0 saturated carbocycles. The Balaban J connectivity index is -0.00000000153. The molecule has 0 aliphatic rings. The van der Waals surface area contributed by atoms with E-state index in [0.29, 0.717) is 0 Å². The van der Waals surface area contributed by atoms with Crippen LogP contribution in [0.25, 0.3) is 0 Å². The molecule has 0 amide bonds. The maximum atomic E-state index is 8.12. The average Bonchev–Trinajstić information content (AvgIpc) is 2.16. The first-order chi connectivity index (χ1) is 5.83. The van der Waals surface area contributed by atoms with Crippen molar-refractivity contribution in [2.75, 3.05) is 0 Å². The molecule has 10 heteroatoms. The number of rotatable bonds is 0. The van der Waals surface area contributed by atoms with E-state index in [1.807, 2.05) is 0 Å². The first kappa shape index (κ1) is 148. The van der Waals surface area contributed by atoms with E-state index in [1.54, 1.807) is 0 Å². The van der Waals surface area contributed by atoms with Crippen molar-refractivity contribution >= 4 is 12.3 Å². The second kappa shape index (κ2) is 146000. The summed E-state index contributed by atoms with van der Waals surface area (Å²) in [7, 11) is 0. The molecular formula is C8H30O10. The van der Waals surface area contributed by atoms with Crippen molar-refractivity contribution in [2.24, 2.45) is 0 Å². The quantitative estimate of drug-likeness (QED) is 0.428. The van der Waals surface area contributed by atoms with Crippen LogP contribution < -0.4 is 0 Å². The van der Waals surface area contributed by atoms with E-state index >= 15 is 0 Å². The van der Waals surface area contributed by atoms with E-state index in [4.69, 9.17) is 33.1 Å². The monoisotopic (exact) mass is 286 g/mol. The van der Waals surface area contributed by atoms with Gasteiger partial charge in [0.25, 0.3) is 0 Å². The normalized spacial score (nSPS) is 1.22. The van der Waals surface area contributed by atoms with Crippen molar-refractivity contribution in [3.05, 3.63) is 20.0 Å². The molecule has 0 aromatic rings. The van der Waals surface area contributed by atoms with Crippen LogP contribution in [0.1, 0.15) is 30.8 Å². The first-order valence-electron chi connectivity index (χ1n) is 1.43. The molecule has 0 rings (SSSR count). The maximum Gasteiger partial charge on any atom is 0 e. The molecule has 0 unspecified atom stereocenters. The summed E-state index contributed by atoms with van der Waals surface area (Å²) in [5.74, 6) is 0. The summed E-state index contributed by atoms with van der Waals surface area (Å²) in [6, 6.07) is 0. The SMILES string of the molecule is C.C.C.O.O.O.O=C=O.O=C=O.[C-]#[O+].[C-]#[O+].[C-]#[O+].[HH].[HH].[HH].[HH].[HH].[HH]. The van der Waals surface area contributed by atoms with Crippen molar-refractivity contribution in [1.29, 1.82) is 0 Å². The first-order valence-corrected chi connectivity index (χ1v) is 1.43. The van der Waals surface area contributed by atoms with Gasteiger partial charge in [-0.05, 0) is 0 Å². The summed E-state index contributed by atoms with van der Waals surface area (Å²) in [4.78, 5) is 32.5. The fourth-order valence-electron chi connectivity index (χ4n) is 0. The Morgan fingerprint density at radius 1 is 0.556 bits per heavy atom. The summed E-state index contributed by atoms with van der Waals surface area (Å²) in [5, 5.41) is 0. The number of hydrogen-bond donors (Lipinski definition) is 0. The minimum absolute atomic E-state index is 0. The molecule has 0 heterocycles. The van der Waals surface area contributed by atoms with Crippen LogP contribution in [-0.4, -0.2) is 28.7 Å². The van der Waals surface area contributed by atoms with Gasteiger partial charge in [-0.15, -0.1) is 0 Å². The fraction of sp³-hybridized carbons (Fsp3) is 0.375. The van der Waals surface area contributed by atoms with Crippen molar-refractivity contribution in [2.45, 2.75) is 22.3 Å². The summed E-state index contributed by atoms with van der Waals surface area (Å²) >= 11 is 0. The van der Waals surface area contributed by atoms with Gasteiger partial charge in [0.15, 0.2) is 0 Å². The largest absolute Gasteiger partial charge is 0 e. The Kier molecular flexibility index (Phi) is 1200000. The molecule has 0 spiro atoms. The minimum Gasteiger partial charge on any atom is 0 e. The fourth-order valence-corrected chi connectivity index (χ4v) is 0. The van der Waals surface area contributed by atoms with Gasteiger partial charge < -0.3 is 16.4 Å². The van der Waals surface area contributed by atoms with Gasteiger partial charge in [0.2, 0.25) is 0 Å². The van der Waals surface area contributed by atoms with Crippen molar-refractivity contribution in [3.63, 3.8) is 0 Å². The van der Waals surface area contributed by atoms with Gasteiger partial charge in [-0.3, -0.25) is 0 Å². The van der Waals surface area contributed by atoms with E-state index in [0.717, 1.165) is 0 Å². The second-order valence-electron chi connectivity index (χ2n) is 0.167. The molecule has 122 valence electrons. The van der Waals surface area contributed by atoms with E-state index in [1.165, 1.54) is 0 Å². The zero-order valence-electron chi connectivity index (χ0n) is 6.86. The molecule has 6 N–H and O–H groups in total. The minimum atomic E-state index is 0. The van der Waals surface area contributed by atoms with Crippen LogP contribution >= 0.6 is 0 Å². The molecule has 0 atom stereocenters. The molecule has 10 nitrogen and oxygen atoms in total. The average molecular weight is 286 g/mol. The Labute approximate surface area is 114 Å². The van der Waals surface area contributed by atoms with Crippen molar-refractivity contribution < 1.29 is 58.1 Å². The maximum absolute atomic E-state index is 8.12. The summed E-state index contributed by atoms with van der Waals surface area (Å²) in [6.45, 7) is 13.5. The number of hydrogen-bond acceptors (Lipinski definition) is 4. The van der Waals surface area contributed by atoms with Gasteiger partial charge in [0.05, 0.1) is 0 Å².